The summed E-state index contributed by atoms with van der Waals surface area (Å²) in [5, 5.41) is 6.01. The van der Waals surface area contributed by atoms with Gasteiger partial charge >= 0.3 is 0 Å². The van der Waals surface area contributed by atoms with Crippen molar-refractivity contribution in [2.24, 2.45) is 0 Å². The second-order valence-corrected chi connectivity index (χ2v) is 6.96. The van der Waals surface area contributed by atoms with E-state index in [1.165, 1.54) is 6.07 Å². The van der Waals surface area contributed by atoms with E-state index in [1.54, 1.807) is 30.3 Å². The van der Waals surface area contributed by atoms with Crippen molar-refractivity contribution >= 4 is 34.7 Å². The van der Waals surface area contributed by atoms with Crippen LogP contribution in [0.3, 0.4) is 0 Å². The van der Waals surface area contributed by atoms with Crippen LogP contribution in [0.4, 0.5) is 25.8 Å². The summed E-state index contributed by atoms with van der Waals surface area (Å²) in [6, 6.07) is 21.4. The molecule has 2 N–H and O–H groups in total. The first kappa shape index (κ1) is 18.9. The highest BCUT2D eigenvalue weighted by Crippen LogP contribution is 2.28. The number of anilines is 3. The highest BCUT2D eigenvalue weighted by molar-refractivity contribution is 7.99. The maximum Gasteiger partial charge on any atom is 0.288 e. The highest BCUT2D eigenvalue weighted by atomic mass is 32.2. The lowest BCUT2D eigenvalue weighted by atomic mass is 10.1. The zero-order valence-electron chi connectivity index (χ0n) is 14.6. The summed E-state index contributed by atoms with van der Waals surface area (Å²) in [6.45, 7) is 2.01. The summed E-state index contributed by atoms with van der Waals surface area (Å²) in [7, 11) is 0. The van der Waals surface area contributed by atoms with Crippen molar-refractivity contribution in [3.05, 3.63) is 83.9 Å². The molecule has 138 valence electrons. The van der Waals surface area contributed by atoms with Crippen LogP contribution >= 0.6 is 11.8 Å². The summed E-state index contributed by atoms with van der Waals surface area (Å²) >= 11 is 0.445. The third-order valence-corrected chi connectivity index (χ3v) is 4.52. The fourth-order valence-electron chi connectivity index (χ4n) is 2.53. The van der Waals surface area contributed by atoms with E-state index in [0.717, 1.165) is 11.3 Å². The Hall–Kier alpha value is -2.86. The molecular weight excluding hydrogens is 366 g/mol. The Labute approximate surface area is 160 Å². The predicted octanol–water partition coefficient (Wildman–Crippen LogP) is 6.31. The molecule has 3 aromatic carbocycles. The molecule has 0 aliphatic rings. The van der Waals surface area contributed by atoms with Crippen molar-refractivity contribution in [2.45, 2.75) is 17.6 Å². The number of alkyl halides is 2. The number of thioether (sulfide) groups is 1. The Balaban J connectivity index is 1.78. The van der Waals surface area contributed by atoms with Crippen molar-refractivity contribution < 1.29 is 13.6 Å². The first-order chi connectivity index (χ1) is 13.0. The topological polar surface area (TPSA) is 41.1 Å². The van der Waals surface area contributed by atoms with Gasteiger partial charge in [0, 0.05) is 16.3 Å². The number of hydrogen-bond donors (Lipinski definition) is 2. The van der Waals surface area contributed by atoms with E-state index in [9.17, 15) is 13.6 Å². The molecular formula is C21H18F2N2OS. The van der Waals surface area contributed by atoms with Gasteiger partial charge in [-0.3, -0.25) is 4.79 Å². The van der Waals surface area contributed by atoms with E-state index in [4.69, 9.17) is 0 Å². The monoisotopic (exact) mass is 384 g/mol. The first-order valence-electron chi connectivity index (χ1n) is 8.30. The second kappa shape index (κ2) is 8.68. The molecule has 1 amide bonds. The number of hydrogen-bond acceptors (Lipinski definition) is 3. The summed E-state index contributed by atoms with van der Waals surface area (Å²) < 4.78 is 25.1. The van der Waals surface area contributed by atoms with Crippen molar-refractivity contribution in [1.29, 1.82) is 0 Å². The third-order valence-electron chi connectivity index (χ3n) is 3.82. The van der Waals surface area contributed by atoms with Crippen molar-refractivity contribution in [3.8, 4) is 0 Å². The Kier molecular flexibility index (Phi) is 6.08. The standard InChI is InChI=1S/C21H18F2N2OS/c1-14-9-11-15(12-10-14)24-19-8-3-2-7-18(19)20(26)25-16-5-4-6-17(13-16)27-21(22)23/h2-13,21,24H,1H3,(H,25,26). The molecule has 0 aliphatic heterocycles. The van der Waals surface area contributed by atoms with Crippen LogP contribution in [0.15, 0.2) is 77.7 Å². The van der Waals surface area contributed by atoms with Gasteiger partial charge in [0.1, 0.15) is 0 Å². The Morgan fingerprint density at radius 3 is 2.41 bits per heavy atom. The molecule has 0 unspecified atom stereocenters. The van der Waals surface area contributed by atoms with Crippen molar-refractivity contribution in [1.82, 2.24) is 0 Å². The lowest BCUT2D eigenvalue weighted by molar-refractivity contribution is 0.102. The molecule has 0 saturated heterocycles. The summed E-state index contributed by atoms with van der Waals surface area (Å²) in [5.74, 6) is -2.82. The minimum Gasteiger partial charge on any atom is -0.355 e. The quantitative estimate of drug-likeness (QED) is 0.490. The SMILES string of the molecule is Cc1ccc(Nc2ccccc2C(=O)Nc2cccc(SC(F)F)c2)cc1. The highest BCUT2D eigenvalue weighted by Gasteiger charge is 2.12. The van der Waals surface area contributed by atoms with Crippen LogP contribution in [-0.4, -0.2) is 11.7 Å². The van der Waals surface area contributed by atoms with Gasteiger partial charge in [0.25, 0.3) is 11.7 Å². The number of carbonyl (C=O) groups is 1. The molecule has 0 aromatic heterocycles. The van der Waals surface area contributed by atoms with Gasteiger partial charge in [0.15, 0.2) is 0 Å². The van der Waals surface area contributed by atoms with Gasteiger partial charge in [-0.2, -0.15) is 8.78 Å². The molecule has 0 radical (unpaired) electrons. The largest absolute Gasteiger partial charge is 0.355 e. The number of nitrogens with one attached hydrogen (secondary N) is 2. The fourth-order valence-corrected chi connectivity index (χ4v) is 3.09. The second-order valence-electron chi connectivity index (χ2n) is 5.90. The maximum absolute atomic E-state index is 12.7. The zero-order valence-corrected chi connectivity index (χ0v) is 15.4. The predicted molar refractivity (Wildman–Crippen MR) is 107 cm³/mol. The van der Waals surface area contributed by atoms with Gasteiger partial charge < -0.3 is 10.6 Å². The molecule has 0 fully saturated rings. The van der Waals surface area contributed by atoms with Crippen LogP contribution in [0.2, 0.25) is 0 Å². The van der Waals surface area contributed by atoms with Gasteiger partial charge in [-0.05, 0) is 49.4 Å². The Morgan fingerprint density at radius 1 is 0.926 bits per heavy atom. The molecule has 0 bridgehead atoms. The van der Waals surface area contributed by atoms with Crippen LogP contribution in [0.1, 0.15) is 15.9 Å². The van der Waals surface area contributed by atoms with E-state index in [1.807, 2.05) is 43.3 Å². The van der Waals surface area contributed by atoms with Crippen LogP contribution < -0.4 is 10.6 Å². The first-order valence-corrected chi connectivity index (χ1v) is 9.18. The zero-order chi connectivity index (χ0) is 19.2. The molecule has 0 aliphatic carbocycles. The van der Waals surface area contributed by atoms with E-state index >= 15 is 0 Å². The number of benzene rings is 3. The molecule has 3 nitrogen and oxygen atoms in total. The molecule has 3 rings (SSSR count). The van der Waals surface area contributed by atoms with Crippen LogP contribution in [0, 0.1) is 6.92 Å². The lowest BCUT2D eigenvalue weighted by Crippen LogP contribution is -2.13. The van der Waals surface area contributed by atoms with E-state index in [-0.39, 0.29) is 5.91 Å². The van der Waals surface area contributed by atoms with E-state index in [2.05, 4.69) is 10.6 Å². The number of carbonyl (C=O) groups excluding carboxylic acids is 1. The minimum atomic E-state index is -2.50. The normalized spacial score (nSPS) is 10.7. The number of halogens is 2. The minimum absolute atomic E-state index is 0.315. The average Bonchev–Trinajstić information content (AvgIpc) is 2.64. The number of amides is 1. The molecule has 27 heavy (non-hydrogen) atoms. The summed E-state index contributed by atoms with van der Waals surface area (Å²) in [6.07, 6.45) is 0. The smallest absolute Gasteiger partial charge is 0.288 e. The van der Waals surface area contributed by atoms with E-state index in [0.29, 0.717) is 33.6 Å². The van der Waals surface area contributed by atoms with Gasteiger partial charge in [-0.15, -0.1) is 0 Å². The summed E-state index contributed by atoms with van der Waals surface area (Å²) in [4.78, 5) is 13.1. The Bertz CT molecular complexity index is 929. The van der Waals surface area contributed by atoms with Crippen LogP contribution in [0.25, 0.3) is 0 Å². The van der Waals surface area contributed by atoms with Crippen LogP contribution in [-0.2, 0) is 0 Å². The third kappa shape index (κ3) is 5.31. The van der Waals surface area contributed by atoms with Gasteiger partial charge in [-0.25, -0.2) is 0 Å². The van der Waals surface area contributed by atoms with E-state index < -0.39 is 5.76 Å². The average molecular weight is 384 g/mol. The fraction of sp³-hybridized carbons (Fsp3) is 0.0952. The number of rotatable bonds is 6. The van der Waals surface area contributed by atoms with Crippen LogP contribution in [0.5, 0.6) is 0 Å². The maximum atomic E-state index is 12.7. The molecule has 3 aromatic rings. The Morgan fingerprint density at radius 2 is 1.67 bits per heavy atom. The summed E-state index contributed by atoms with van der Waals surface area (Å²) in [5.41, 5.74) is 3.61. The lowest BCUT2D eigenvalue weighted by Gasteiger charge is -2.13. The van der Waals surface area contributed by atoms with Crippen molar-refractivity contribution in [3.63, 3.8) is 0 Å². The molecule has 0 atom stereocenters. The molecule has 0 spiro atoms. The number of para-hydroxylation sites is 1. The molecule has 0 saturated carbocycles. The van der Waals surface area contributed by atoms with Gasteiger partial charge in [0.05, 0.1) is 11.3 Å². The van der Waals surface area contributed by atoms with Crippen molar-refractivity contribution in [2.75, 3.05) is 10.6 Å². The molecule has 0 heterocycles. The van der Waals surface area contributed by atoms with Gasteiger partial charge in [0.2, 0.25) is 0 Å². The molecule has 6 heteroatoms. The number of aryl methyl sites for hydroxylation is 1. The van der Waals surface area contributed by atoms with Gasteiger partial charge in [-0.1, -0.05) is 47.7 Å².